The molecule has 0 spiro atoms. The molecule has 0 heterocycles. The molecule has 1 N–H and O–H groups in total. The minimum atomic E-state index is -0.550. The van der Waals surface area contributed by atoms with E-state index in [1.807, 2.05) is 0 Å². The molecule has 0 aliphatic rings. The molecule has 90 valence electrons. The van der Waals surface area contributed by atoms with Gasteiger partial charge in [0.15, 0.2) is 17.8 Å². The average molecular weight is 228 g/mol. The number of rotatable bonds is 5. The largest absolute Gasteiger partial charge is 0.504 e. The molecule has 0 amide bonds. The molecule has 5 heteroatoms. The van der Waals surface area contributed by atoms with Crippen LogP contribution in [0.15, 0.2) is 12.1 Å². The van der Waals surface area contributed by atoms with E-state index in [0.29, 0.717) is 11.3 Å². The minimum absolute atomic E-state index is 0.0176. The van der Waals surface area contributed by atoms with E-state index in [-0.39, 0.29) is 11.5 Å². The normalized spacial score (nSPS) is 10.6. The predicted molar refractivity (Wildman–Crippen MR) is 58.0 cm³/mol. The van der Waals surface area contributed by atoms with Crippen molar-refractivity contribution in [1.82, 2.24) is 0 Å². The van der Waals surface area contributed by atoms with Crippen LogP contribution < -0.4 is 9.47 Å². The summed E-state index contributed by atoms with van der Waals surface area (Å²) in [5.41, 5.74) is 0.653. The van der Waals surface area contributed by atoms with Crippen molar-refractivity contribution in [3.63, 3.8) is 0 Å². The van der Waals surface area contributed by atoms with E-state index in [1.165, 1.54) is 34.5 Å². The zero-order valence-electron chi connectivity index (χ0n) is 9.81. The number of phenols is 1. The first kappa shape index (κ1) is 12.6. The van der Waals surface area contributed by atoms with Crippen LogP contribution in [0.4, 0.5) is 0 Å². The van der Waals surface area contributed by atoms with E-state index in [0.717, 1.165) is 0 Å². The second-order valence-electron chi connectivity index (χ2n) is 3.08. The smallest absolute Gasteiger partial charge is 0.203 e. The molecule has 0 aromatic heterocycles. The molecular formula is C11H16O5. The number of methoxy groups -OCH3 is 4. The lowest BCUT2D eigenvalue weighted by atomic mass is 10.1. The van der Waals surface area contributed by atoms with E-state index in [2.05, 4.69) is 0 Å². The number of hydrogen-bond donors (Lipinski definition) is 1. The zero-order valence-corrected chi connectivity index (χ0v) is 9.81. The summed E-state index contributed by atoms with van der Waals surface area (Å²) >= 11 is 0. The zero-order chi connectivity index (χ0) is 12.1. The van der Waals surface area contributed by atoms with Crippen LogP contribution in [0.2, 0.25) is 0 Å². The molecule has 0 bridgehead atoms. The van der Waals surface area contributed by atoms with E-state index in [1.54, 1.807) is 6.07 Å². The monoisotopic (exact) mass is 228 g/mol. The topological polar surface area (TPSA) is 57.2 Å². The standard InChI is InChI=1S/C11H16O5/c1-13-9-6-7(11(15-3)16-4)5-8(12)10(9)14-2/h5-6,11-12H,1-4H3. The number of hydrogen-bond acceptors (Lipinski definition) is 5. The molecule has 0 atom stereocenters. The van der Waals surface area contributed by atoms with Gasteiger partial charge in [0.2, 0.25) is 5.75 Å². The Labute approximate surface area is 94.5 Å². The van der Waals surface area contributed by atoms with Crippen molar-refractivity contribution >= 4 is 0 Å². The van der Waals surface area contributed by atoms with Gasteiger partial charge < -0.3 is 24.1 Å². The van der Waals surface area contributed by atoms with Gasteiger partial charge in [0.05, 0.1) is 14.2 Å². The molecule has 1 aromatic carbocycles. The van der Waals surface area contributed by atoms with Gasteiger partial charge in [-0.1, -0.05) is 0 Å². The molecule has 1 aromatic rings. The summed E-state index contributed by atoms with van der Waals surface area (Å²) in [6.07, 6.45) is -0.550. The maximum Gasteiger partial charge on any atom is 0.203 e. The third kappa shape index (κ3) is 2.37. The van der Waals surface area contributed by atoms with Gasteiger partial charge in [-0.3, -0.25) is 0 Å². The number of phenolic OH excluding ortho intramolecular Hbond substituents is 1. The molecular weight excluding hydrogens is 212 g/mol. The Hall–Kier alpha value is -1.46. The van der Waals surface area contributed by atoms with Gasteiger partial charge >= 0.3 is 0 Å². The fraction of sp³-hybridized carbons (Fsp3) is 0.455. The highest BCUT2D eigenvalue weighted by Crippen LogP contribution is 2.39. The van der Waals surface area contributed by atoms with E-state index in [4.69, 9.17) is 18.9 Å². The quantitative estimate of drug-likeness (QED) is 0.777. The SMILES string of the molecule is COc1cc(C(OC)OC)cc(O)c1OC. The van der Waals surface area contributed by atoms with Crippen molar-refractivity contribution in [2.75, 3.05) is 28.4 Å². The Morgan fingerprint density at radius 2 is 1.62 bits per heavy atom. The second-order valence-corrected chi connectivity index (χ2v) is 3.08. The van der Waals surface area contributed by atoms with Gasteiger partial charge in [-0.2, -0.15) is 0 Å². The fourth-order valence-corrected chi connectivity index (χ4v) is 1.47. The Balaban J connectivity index is 3.19. The molecule has 16 heavy (non-hydrogen) atoms. The van der Waals surface area contributed by atoms with Crippen molar-refractivity contribution < 1.29 is 24.1 Å². The number of aromatic hydroxyl groups is 1. The Morgan fingerprint density at radius 3 is 2.06 bits per heavy atom. The van der Waals surface area contributed by atoms with Crippen LogP contribution in [-0.2, 0) is 9.47 Å². The summed E-state index contributed by atoms with van der Waals surface area (Å²) in [6.45, 7) is 0. The molecule has 0 radical (unpaired) electrons. The molecule has 0 saturated carbocycles. The minimum Gasteiger partial charge on any atom is -0.504 e. The predicted octanol–water partition coefficient (Wildman–Crippen LogP) is 1.70. The second kappa shape index (κ2) is 5.58. The summed E-state index contributed by atoms with van der Waals surface area (Å²) < 4.78 is 20.3. The number of ether oxygens (including phenoxy) is 4. The fourth-order valence-electron chi connectivity index (χ4n) is 1.47. The maximum absolute atomic E-state index is 9.73. The van der Waals surface area contributed by atoms with Crippen LogP contribution in [0.25, 0.3) is 0 Å². The summed E-state index contributed by atoms with van der Waals surface area (Å²) in [5, 5.41) is 9.73. The highest BCUT2D eigenvalue weighted by Gasteiger charge is 2.16. The summed E-state index contributed by atoms with van der Waals surface area (Å²) in [5.74, 6) is 0.699. The van der Waals surface area contributed by atoms with Crippen molar-refractivity contribution in [3.8, 4) is 17.2 Å². The van der Waals surface area contributed by atoms with Crippen LogP contribution in [0.1, 0.15) is 11.9 Å². The molecule has 0 aliphatic carbocycles. The van der Waals surface area contributed by atoms with Gasteiger partial charge in [0.25, 0.3) is 0 Å². The summed E-state index contributed by atoms with van der Waals surface area (Å²) in [7, 11) is 5.99. The molecule has 0 aliphatic heterocycles. The first-order valence-corrected chi connectivity index (χ1v) is 4.68. The molecule has 5 nitrogen and oxygen atoms in total. The lowest BCUT2D eigenvalue weighted by Gasteiger charge is -2.16. The van der Waals surface area contributed by atoms with Gasteiger partial charge in [-0.15, -0.1) is 0 Å². The summed E-state index contributed by atoms with van der Waals surface area (Å²) in [6, 6.07) is 3.20. The lowest BCUT2D eigenvalue weighted by molar-refractivity contribution is -0.106. The van der Waals surface area contributed by atoms with Gasteiger partial charge in [0.1, 0.15) is 0 Å². The Bertz CT molecular complexity index is 346. The highest BCUT2D eigenvalue weighted by atomic mass is 16.7. The molecule has 0 unspecified atom stereocenters. The van der Waals surface area contributed by atoms with Crippen molar-refractivity contribution in [2.45, 2.75) is 6.29 Å². The van der Waals surface area contributed by atoms with E-state index < -0.39 is 6.29 Å². The van der Waals surface area contributed by atoms with Crippen LogP contribution in [0.5, 0.6) is 17.2 Å². The average Bonchev–Trinajstić information content (AvgIpc) is 2.29. The first-order chi connectivity index (χ1) is 7.67. The van der Waals surface area contributed by atoms with Crippen LogP contribution in [-0.4, -0.2) is 33.5 Å². The number of benzene rings is 1. The van der Waals surface area contributed by atoms with Gasteiger partial charge in [-0.05, 0) is 12.1 Å². The first-order valence-electron chi connectivity index (χ1n) is 4.68. The van der Waals surface area contributed by atoms with Crippen molar-refractivity contribution in [3.05, 3.63) is 17.7 Å². The van der Waals surface area contributed by atoms with Crippen LogP contribution >= 0.6 is 0 Å². The van der Waals surface area contributed by atoms with Crippen LogP contribution in [0.3, 0.4) is 0 Å². The highest BCUT2D eigenvalue weighted by molar-refractivity contribution is 5.53. The molecule has 0 fully saturated rings. The maximum atomic E-state index is 9.73. The van der Waals surface area contributed by atoms with E-state index in [9.17, 15) is 5.11 Å². The van der Waals surface area contributed by atoms with Crippen molar-refractivity contribution in [2.24, 2.45) is 0 Å². The van der Waals surface area contributed by atoms with Gasteiger partial charge in [0, 0.05) is 19.8 Å². The molecule has 0 saturated heterocycles. The lowest BCUT2D eigenvalue weighted by Crippen LogP contribution is -2.04. The molecule has 1 rings (SSSR count). The van der Waals surface area contributed by atoms with Crippen LogP contribution in [0, 0.1) is 0 Å². The summed E-state index contributed by atoms with van der Waals surface area (Å²) in [4.78, 5) is 0. The Kier molecular flexibility index (Phi) is 4.39. The van der Waals surface area contributed by atoms with Gasteiger partial charge in [-0.25, -0.2) is 0 Å². The Morgan fingerprint density at radius 1 is 1.00 bits per heavy atom. The third-order valence-corrected chi connectivity index (χ3v) is 2.18. The van der Waals surface area contributed by atoms with Crippen molar-refractivity contribution in [1.29, 1.82) is 0 Å². The third-order valence-electron chi connectivity index (χ3n) is 2.18. The van der Waals surface area contributed by atoms with E-state index >= 15 is 0 Å².